The first-order valence-electron chi connectivity index (χ1n) is 10.3. The smallest absolute Gasteiger partial charge is 0.223 e. The zero-order valence-electron chi connectivity index (χ0n) is 17.4. The van der Waals surface area contributed by atoms with Crippen molar-refractivity contribution in [3.8, 4) is 5.75 Å². The Balaban J connectivity index is 1.98. The molecule has 0 aliphatic rings. The molecule has 0 N–H and O–H groups in total. The van der Waals surface area contributed by atoms with Crippen LogP contribution in [-0.4, -0.2) is 29.0 Å². The van der Waals surface area contributed by atoms with Gasteiger partial charge in [-0.3, -0.25) is 4.79 Å². The van der Waals surface area contributed by atoms with Crippen molar-refractivity contribution in [1.29, 1.82) is 0 Å². The molecular formula is C24H34N2O2. The van der Waals surface area contributed by atoms with Crippen molar-refractivity contribution in [2.24, 2.45) is 0 Å². The summed E-state index contributed by atoms with van der Waals surface area (Å²) in [4.78, 5) is 14.6. The van der Waals surface area contributed by atoms with Crippen LogP contribution >= 0.6 is 0 Å². The lowest BCUT2D eigenvalue weighted by atomic mass is 10.1. The van der Waals surface area contributed by atoms with Crippen LogP contribution in [0.4, 0.5) is 0 Å². The molecule has 28 heavy (non-hydrogen) atoms. The van der Waals surface area contributed by atoms with Crippen LogP contribution in [0.15, 0.2) is 55.3 Å². The first-order chi connectivity index (χ1) is 13.7. The van der Waals surface area contributed by atoms with Gasteiger partial charge in [-0.05, 0) is 36.2 Å². The van der Waals surface area contributed by atoms with Gasteiger partial charge < -0.3 is 14.2 Å². The molecule has 1 aromatic heterocycles. The van der Waals surface area contributed by atoms with E-state index in [1.807, 2.05) is 35.2 Å². The van der Waals surface area contributed by atoms with E-state index in [-0.39, 0.29) is 5.91 Å². The lowest BCUT2D eigenvalue weighted by molar-refractivity contribution is -0.131. The van der Waals surface area contributed by atoms with E-state index in [1.165, 1.54) is 24.8 Å². The predicted molar refractivity (Wildman–Crippen MR) is 116 cm³/mol. The Morgan fingerprint density at radius 3 is 2.75 bits per heavy atom. The maximum atomic E-state index is 12.7. The van der Waals surface area contributed by atoms with Crippen molar-refractivity contribution in [1.82, 2.24) is 9.47 Å². The molecule has 2 aromatic rings. The van der Waals surface area contributed by atoms with E-state index < -0.39 is 0 Å². The Labute approximate surface area is 169 Å². The van der Waals surface area contributed by atoms with E-state index in [1.54, 1.807) is 7.11 Å². The highest BCUT2D eigenvalue weighted by atomic mass is 16.5. The summed E-state index contributed by atoms with van der Waals surface area (Å²) in [6.07, 6.45) is 10.3. The van der Waals surface area contributed by atoms with Gasteiger partial charge in [0.1, 0.15) is 5.75 Å². The number of rotatable bonds is 13. The van der Waals surface area contributed by atoms with Crippen LogP contribution in [0.2, 0.25) is 0 Å². The standard InChI is InChI=1S/C24H34N2O2/c1-4-6-7-8-9-15-24(27)26(16-5-2)20-22-13-11-17-25(22)19-21-12-10-14-23(18-21)28-3/h5,10-14,17-18H,2,4,6-9,15-16,19-20H2,1,3H3. The topological polar surface area (TPSA) is 34.5 Å². The lowest BCUT2D eigenvalue weighted by Crippen LogP contribution is -2.31. The molecule has 0 aliphatic heterocycles. The normalized spacial score (nSPS) is 10.6. The van der Waals surface area contributed by atoms with Gasteiger partial charge in [0.15, 0.2) is 0 Å². The number of amides is 1. The SMILES string of the molecule is C=CCN(Cc1cccn1Cc1cccc(OC)c1)C(=O)CCCCCCC. The van der Waals surface area contributed by atoms with Gasteiger partial charge in [-0.1, -0.05) is 50.8 Å². The molecule has 0 spiro atoms. The number of aromatic nitrogens is 1. The molecule has 1 aromatic carbocycles. The second kappa shape index (κ2) is 12.1. The third-order valence-electron chi connectivity index (χ3n) is 4.96. The summed E-state index contributed by atoms with van der Waals surface area (Å²) < 4.78 is 7.51. The second-order valence-corrected chi connectivity index (χ2v) is 7.21. The molecule has 0 fully saturated rings. The number of hydrogen-bond acceptors (Lipinski definition) is 2. The molecule has 0 aliphatic carbocycles. The number of methoxy groups -OCH3 is 1. The number of carbonyl (C=O) groups excluding carboxylic acids is 1. The van der Waals surface area contributed by atoms with Gasteiger partial charge in [-0.25, -0.2) is 0 Å². The van der Waals surface area contributed by atoms with Crippen molar-refractivity contribution in [2.75, 3.05) is 13.7 Å². The zero-order valence-corrected chi connectivity index (χ0v) is 17.4. The summed E-state index contributed by atoms with van der Waals surface area (Å²) in [5.41, 5.74) is 2.30. The third-order valence-corrected chi connectivity index (χ3v) is 4.96. The number of hydrogen-bond donors (Lipinski definition) is 0. The Hall–Kier alpha value is -2.49. The van der Waals surface area contributed by atoms with Crippen LogP contribution in [0.1, 0.15) is 56.7 Å². The molecule has 0 saturated carbocycles. The van der Waals surface area contributed by atoms with Gasteiger partial charge in [0.25, 0.3) is 0 Å². The molecule has 0 atom stereocenters. The Bertz CT molecular complexity index is 736. The summed E-state index contributed by atoms with van der Waals surface area (Å²) in [5, 5.41) is 0. The van der Waals surface area contributed by atoms with Crippen molar-refractivity contribution < 1.29 is 9.53 Å². The fraction of sp³-hybridized carbons (Fsp3) is 0.458. The van der Waals surface area contributed by atoms with E-state index in [9.17, 15) is 4.79 Å². The molecule has 0 radical (unpaired) electrons. The highest BCUT2D eigenvalue weighted by Gasteiger charge is 2.14. The second-order valence-electron chi connectivity index (χ2n) is 7.21. The molecule has 0 saturated heterocycles. The van der Waals surface area contributed by atoms with E-state index in [0.29, 0.717) is 19.5 Å². The minimum Gasteiger partial charge on any atom is -0.497 e. The molecule has 4 heteroatoms. The zero-order chi connectivity index (χ0) is 20.2. The molecule has 1 amide bonds. The number of nitrogens with zero attached hydrogens (tertiary/aromatic N) is 2. The van der Waals surface area contributed by atoms with Crippen molar-refractivity contribution in [3.05, 3.63) is 66.5 Å². The largest absolute Gasteiger partial charge is 0.497 e. The van der Waals surface area contributed by atoms with Crippen LogP contribution in [0.25, 0.3) is 0 Å². The maximum Gasteiger partial charge on any atom is 0.223 e. The van der Waals surface area contributed by atoms with E-state index >= 15 is 0 Å². The van der Waals surface area contributed by atoms with Crippen LogP contribution in [0.3, 0.4) is 0 Å². The van der Waals surface area contributed by atoms with E-state index in [4.69, 9.17) is 4.74 Å². The van der Waals surface area contributed by atoms with Crippen molar-refractivity contribution in [2.45, 2.75) is 58.5 Å². The molecule has 4 nitrogen and oxygen atoms in total. The van der Waals surface area contributed by atoms with Crippen LogP contribution < -0.4 is 4.74 Å². The molecule has 1 heterocycles. The maximum absolute atomic E-state index is 12.7. The highest BCUT2D eigenvalue weighted by Crippen LogP contribution is 2.16. The minimum absolute atomic E-state index is 0.213. The van der Waals surface area contributed by atoms with Gasteiger partial charge >= 0.3 is 0 Å². The average Bonchev–Trinajstić information content (AvgIpc) is 3.14. The number of carbonyl (C=O) groups is 1. The Morgan fingerprint density at radius 1 is 1.18 bits per heavy atom. The fourth-order valence-corrected chi connectivity index (χ4v) is 3.36. The van der Waals surface area contributed by atoms with E-state index in [0.717, 1.165) is 30.8 Å². The number of unbranched alkanes of at least 4 members (excludes halogenated alkanes) is 4. The van der Waals surface area contributed by atoms with Crippen molar-refractivity contribution >= 4 is 5.91 Å². The number of benzene rings is 1. The molecule has 2 rings (SSSR count). The van der Waals surface area contributed by atoms with Crippen LogP contribution in [0, 0.1) is 0 Å². The lowest BCUT2D eigenvalue weighted by Gasteiger charge is -2.22. The molecule has 152 valence electrons. The summed E-state index contributed by atoms with van der Waals surface area (Å²) in [5.74, 6) is 1.07. The summed E-state index contributed by atoms with van der Waals surface area (Å²) in [7, 11) is 1.68. The summed E-state index contributed by atoms with van der Waals surface area (Å²) >= 11 is 0. The van der Waals surface area contributed by atoms with Gasteiger partial charge in [0.2, 0.25) is 5.91 Å². The predicted octanol–water partition coefficient (Wildman–Crippen LogP) is 5.42. The molecule has 0 unspecified atom stereocenters. The van der Waals surface area contributed by atoms with Gasteiger partial charge in [0.05, 0.1) is 13.7 Å². The van der Waals surface area contributed by atoms with Crippen molar-refractivity contribution in [3.63, 3.8) is 0 Å². The van der Waals surface area contributed by atoms with Gasteiger partial charge in [-0.15, -0.1) is 6.58 Å². The summed E-state index contributed by atoms with van der Waals surface area (Å²) in [6, 6.07) is 12.2. The average molecular weight is 383 g/mol. The van der Waals surface area contributed by atoms with Crippen LogP contribution in [0.5, 0.6) is 5.75 Å². The van der Waals surface area contributed by atoms with Gasteiger partial charge in [-0.2, -0.15) is 0 Å². The monoisotopic (exact) mass is 382 g/mol. The quantitative estimate of drug-likeness (QED) is 0.342. The van der Waals surface area contributed by atoms with Crippen LogP contribution in [-0.2, 0) is 17.9 Å². The first-order valence-corrected chi connectivity index (χ1v) is 10.3. The fourth-order valence-electron chi connectivity index (χ4n) is 3.36. The van der Waals surface area contributed by atoms with Gasteiger partial charge in [0, 0.05) is 31.4 Å². The third kappa shape index (κ3) is 6.91. The van der Waals surface area contributed by atoms with E-state index in [2.05, 4.69) is 36.4 Å². The number of ether oxygens (including phenoxy) is 1. The molecule has 0 bridgehead atoms. The Morgan fingerprint density at radius 2 is 2.00 bits per heavy atom. The summed E-state index contributed by atoms with van der Waals surface area (Å²) in [6.45, 7) is 7.98. The highest BCUT2D eigenvalue weighted by molar-refractivity contribution is 5.76. The Kier molecular flexibility index (Phi) is 9.40. The molecular weight excluding hydrogens is 348 g/mol. The minimum atomic E-state index is 0.213. The first kappa shape index (κ1) is 21.8.